The van der Waals surface area contributed by atoms with Crippen molar-refractivity contribution < 1.29 is 4.74 Å². The van der Waals surface area contributed by atoms with Crippen molar-refractivity contribution in [2.45, 2.75) is 33.6 Å². The van der Waals surface area contributed by atoms with Crippen molar-refractivity contribution in [1.82, 2.24) is 10.3 Å². The number of methoxy groups -OCH3 is 1. The second-order valence-corrected chi connectivity index (χ2v) is 4.00. The molecule has 0 bridgehead atoms. The van der Waals surface area contributed by atoms with Gasteiger partial charge in [0.25, 0.3) is 0 Å². The number of hydrogen-bond acceptors (Lipinski definition) is 3. The number of aromatic nitrogens is 1. The van der Waals surface area contributed by atoms with Gasteiger partial charge in [0.2, 0.25) is 0 Å². The van der Waals surface area contributed by atoms with Gasteiger partial charge in [-0.25, -0.2) is 0 Å². The van der Waals surface area contributed by atoms with Gasteiger partial charge in [-0.05, 0) is 39.8 Å². The summed E-state index contributed by atoms with van der Waals surface area (Å²) in [6, 6.07) is 0. The molecule has 16 heavy (non-hydrogen) atoms. The zero-order chi connectivity index (χ0) is 12.0. The van der Waals surface area contributed by atoms with Crippen molar-refractivity contribution in [3.8, 4) is 5.75 Å². The zero-order valence-electron chi connectivity index (χ0n) is 10.8. The Morgan fingerprint density at radius 2 is 2.12 bits per heavy atom. The molecule has 0 amide bonds. The van der Waals surface area contributed by atoms with E-state index in [9.17, 15) is 0 Å². The molecule has 0 radical (unpaired) electrons. The van der Waals surface area contributed by atoms with E-state index in [0.29, 0.717) is 0 Å². The highest BCUT2D eigenvalue weighted by Gasteiger charge is 2.08. The Balaban J connectivity index is 2.66. The molecule has 0 aliphatic rings. The number of rotatable bonds is 6. The van der Waals surface area contributed by atoms with Gasteiger partial charge in [0.05, 0.1) is 7.11 Å². The largest absolute Gasteiger partial charge is 0.496 e. The Hall–Kier alpha value is -1.09. The smallest absolute Gasteiger partial charge is 0.128 e. The Morgan fingerprint density at radius 1 is 1.38 bits per heavy atom. The monoisotopic (exact) mass is 222 g/mol. The van der Waals surface area contributed by atoms with Gasteiger partial charge in [0, 0.05) is 23.0 Å². The minimum atomic E-state index is 0.980. The first kappa shape index (κ1) is 13.0. The summed E-state index contributed by atoms with van der Waals surface area (Å²) in [7, 11) is 1.72. The lowest BCUT2D eigenvalue weighted by Gasteiger charge is -2.12. The molecule has 1 aromatic rings. The second-order valence-electron chi connectivity index (χ2n) is 4.00. The van der Waals surface area contributed by atoms with Crippen LogP contribution in [0.15, 0.2) is 6.20 Å². The summed E-state index contributed by atoms with van der Waals surface area (Å²) < 4.78 is 5.39. The van der Waals surface area contributed by atoms with Crippen LogP contribution in [-0.4, -0.2) is 25.2 Å². The third kappa shape index (κ3) is 3.20. The van der Waals surface area contributed by atoms with E-state index < -0.39 is 0 Å². The zero-order valence-corrected chi connectivity index (χ0v) is 10.8. The predicted molar refractivity (Wildman–Crippen MR) is 67.1 cm³/mol. The fraction of sp³-hybridized carbons (Fsp3) is 0.615. The van der Waals surface area contributed by atoms with Gasteiger partial charge in [0.1, 0.15) is 5.75 Å². The summed E-state index contributed by atoms with van der Waals surface area (Å²) in [5.41, 5.74) is 3.44. The quantitative estimate of drug-likeness (QED) is 0.750. The van der Waals surface area contributed by atoms with E-state index in [4.69, 9.17) is 4.74 Å². The number of nitrogens with zero attached hydrogens (tertiary/aromatic N) is 1. The van der Waals surface area contributed by atoms with Crippen LogP contribution in [0.3, 0.4) is 0 Å². The maximum absolute atomic E-state index is 5.39. The van der Waals surface area contributed by atoms with E-state index >= 15 is 0 Å². The van der Waals surface area contributed by atoms with Crippen LogP contribution in [0.25, 0.3) is 0 Å². The Kier molecular flexibility index (Phi) is 5.26. The van der Waals surface area contributed by atoms with Gasteiger partial charge in [0.15, 0.2) is 0 Å². The first-order chi connectivity index (χ1) is 7.70. The summed E-state index contributed by atoms with van der Waals surface area (Å²) in [6.07, 6.45) is 4.03. The molecule has 90 valence electrons. The van der Waals surface area contributed by atoms with Crippen molar-refractivity contribution in [3.63, 3.8) is 0 Å². The lowest BCUT2D eigenvalue weighted by atomic mass is 10.1. The Morgan fingerprint density at radius 3 is 2.75 bits per heavy atom. The van der Waals surface area contributed by atoms with Crippen LogP contribution in [0, 0.1) is 13.8 Å². The summed E-state index contributed by atoms with van der Waals surface area (Å²) in [5.74, 6) is 0.980. The molecule has 3 heteroatoms. The average molecular weight is 222 g/mol. The van der Waals surface area contributed by atoms with Gasteiger partial charge in [-0.15, -0.1) is 0 Å². The van der Waals surface area contributed by atoms with Gasteiger partial charge >= 0.3 is 0 Å². The maximum atomic E-state index is 5.39. The standard InChI is InChI=1S/C13H22N2O/c1-5-14-8-6-7-12-11(3)13(16-4)10(2)9-15-12/h9,14H,5-8H2,1-4H3. The van der Waals surface area contributed by atoms with E-state index in [2.05, 4.69) is 24.1 Å². The minimum Gasteiger partial charge on any atom is -0.496 e. The van der Waals surface area contributed by atoms with Crippen LogP contribution in [0.4, 0.5) is 0 Å². The highest BCUT2D eigenvalue weighted by molar-refractivity contribution is 5.41. The fourth-order valence-electron chi connectivity index (χ4n) is 1.88. The first-order valence-corrected chi connectivity index (χ1v) is 5.90. The van der Waals surface area contributed by atoms with E-state index in [1.165, 1.54) is 5.56 Å². The molecule has 0 atom stereocenters. The number of hydrogen-bond donors (Lipinski definition) is 1. The van der Waals surface area contributed by atoms with Crippen LogP contribution in [0.5, 0.6) is 5.75 Å². The van der Waals surface area contributed by atoms with Crippen LogP contribution in [0.1, 0.15) is 30.2 Å². The molecule has 0 aromatic carbocycles. The summed E-state index contributed by atoms with van der Waals surface area (Å²) in [6.45, 7) is 8.32. The Labute approximate surface area is 98.2 Å². The lowest BCUT2D eigenvalue weighted by molar-refractivity contribution is 0.406. The van der Waals surface area contributed by atoms with E-state index in [-0.39, 0.29) is 0 Å². The highest BCUT2D eigenvalue weighted by Crippen LogP contribution is 2.24. The molecule has 0 saturated heterocycles. The lowest BCUT2D eigenvalue weighted by Crippen LogP contribution is -2.15. The van der Waals surface area contributed by atoms with Crippen LogP contribution in [0.2, 0.25) is 0 Å². The van der Waals surface area contributed by atoms with E-state index in [1.54, 1.807) is 7.11 Å². The van der Waals surface area contributed by atoms with Gasteiger partial charge in [-0.3, -0.25) is 4.98 Å². The molecule has 0 unspecified atom stereocenters. The Bertz CT molecular complexity index is 337. The molecule has 3 nitrogen and oxygen atoms in total. The van der Waals surface area contributed by atoms with Crippen LogP contribution < -0.4 is 10.1 Å². The third-order valence-corrected chi connectivity index (χ3v) is 2.77. The molecule has 0 saturated carbocycles. The number of nitrogens with one attached hydrogen (secondary N) is 1. The molecule has 0 aliphatic carbocycles. The average Bonchev–Trinajstić information content (AvgIpc) is 2.28. The summed E-state index contributed by atoms with van der Waals surface area (Å²) >= 11 is 0. The van der Waals surface area contributed by atoms with Crippen molar-refractivity contribution in [1.29, 1.82) is 0 Å². The number of pyridine rings is 1. The molecule has 1 rings (SSSR count). The molecule has 1 N–H and O–H groups in total. The van der Waals surface area contributed by atoms with Gasteiger partial charge in [-0.1, -0.05) is 6.92 Å². The fourth-order valence-corrected chi connectivity index (χ4v) is 1.88. The molecule has 1 heterocycles. The van der Waals surface area contributed by atoms with Gasteiger partial charge in [-0.2, -0.15) is 0 Å². The molecule has 0 aliphatic heterocycles. The second kappa shape index (κ2) is 6.48. The van der Waals surface area contributed by atoms with Gasteiger partial charge < -0.3 is 10.1 Å². The third-order valence-electron chi connectivity index (χ3n) is 2.77. The molecular weight excluding hydrogens is 200 g/mol. The molecule has 0 spiro atoms. The topological polar surface area (TPSA) is 34.2 Å². The number of ether oxygens (including phenoxy) is 1. The van der Waals surface area contributed by atoms with Crippen LogP contribution in [-0.2, 0) is 6.42 Å². The minimum absolute atomic E-state index is 0.980. The summed E-state index contributed by atoms with van der Waals surface area (Å²) in [5, 5.41) is 3.32. The highest BCUT2D eigenvalue weighted by atomic mass is 16.5. The van der Waals surface area contributed by atoms with E-state index in [0.717, 1.165) is 42.9 Å². The van der Waals surface area contributed by atoms with Crippen molar-refractivity contribution in [3.05, 3.63) is 23.0 Å². The molecule has 0 fully saturated rings. The van der Waals surface area contributed by atoms with Crippen molar-refractivity contribution in [2.24, 2.45) is 0 Å². The maximum Gasteiger partial charge on any atom is 0.128 e. The van der Waals surface area contributed by atoms with Crippen molar-refractivity contribution in [2.75, 3.05) is 20.2 Å². The first-order valence-electron chi connectivity index (χ1n) is 5.90. The predicted octanol–water partition coefficient (Wildman–Crippen LogP) is 2.25. The summed E-state index contributed by atoms with van der Waals surface area (Å²) in [4.78, 5) is 4.48. The number of aryl methyl sites for hydroxylation is 2. The molecular formula is C13H22N2O. The molecule has 1 aromatic heterocycles. The SMILES string of the molecule is CCNCCCc1ncc(C)c(OC)c1C. The normalized spacial score (nSPS) is 10.5. The van der Waals surface area contributed by atoms with Crippen LogP contribution >= 0.6 is 0 Å². The van der Waals surface area contributed by atoms with E-state index in [1.807, 2.05) is 13.1 Å². The van der Waals surface area contributed by atoms with Crippen molar-refractivity contribution >= 4 is 0 Å².